The molecule has 0 aromatic heterocycles. The fourth-order valence-electron chi connectivity index (χ4n) is 0.422. The van der Waals surface area contributed by atoms with Crippen LogP contribution in [0.3, 0.4) is 0 Å². The lowest BCUT2D eigenvalue weighted by Gasteiger charge is -2.08. The lowest BCUT2D eigenvalue weighted by molar-refractivity contribution is -0.767. The Morgan fingerprint density at radius 1 is 1.67 bits per heavy atom. The minimum Gasteiger partial charge on any atom is -0.438 e. The van der Waals surface area contributed by atoms with Crippen LogP contribution in [0.1, 0.15) is 6.92 Å². The van der Waals surface area contributed by atoms with Crippen LogP contribution in [0.15, 0.2) is 0 Å². The van der Waals surface area contributed by atoms with Crippen LogP contribution in [0.2, 0.25) is 0 Å². The third-order valence-corrected chi connectivity index (χ3v) is 0.869. The molecule has 0 bridgehead atoms. The molecule has 0 aliphatic carbocycles. The van der Waals surface area contributed by atoms with Crippen LogP contribution in [0, 0.1) is 10.1 Å². The maximum absolute atomic E-state index is 10.3. The van der Waals surface area contributed by atoms with Crippen molar-refractivity contribution in [2.75, 3.05) is 13.7 Å². The van der Waals surface area contributed by atoms with Crippen LogP contribution in [-0.2, 0) is 14.3 Å². The molecular weight excluding hydrogens is 170 g/mol. The first-order chi connectivity index (χ1) is 5.56. The summed E-state index contributed by atoms with van der Waals surface area (Å²) >= 11 is 0. The molecule has 0 radical (unpaired) electrons. The average Bonchev–Trinajstić information content (AvgIpc) is 1.99. The molecule has 1 unspecified atom stereocenters. The number of carbonyl (C=O) groups is 1. The van der Waals surface area contributed by atoms with E-state index in [1.54, 1.807) is 0 Å². The van der Waals surface area contributed by atoms with Gasteiger partial charge in [-0.05, 0) is 6.92 Å². The van der Waals surface area contributed by atoms with Crippen molar-refractivity contribution in [1.82, 2.24) is 0 Å². The Morgan fingerprint density at radius 2 is 2.25 bits per heavy atom. The van der Waals surface area contributed by atoms with E-state index in [4.69, 9.17) is 0 Å². The lowest BCUT2D eigenvalue weighted by Crippen LogP contribution is -2.21. The van der Waals surface area contributed by atoms with Gasteiger partial charge < -0.3 is 14.3 Å². The van der Waals surface area contributed by atoms with Gasteiger partial charge in [-0.2, -0.15) is 0 Å². The molecule has 7 heteroatoms. The molecule has 0 saturated heterocycles. The van der Waals surface area contributed by atoms with E-state index in [1.165, 1.54) is 6.92 Å². The zero-order chi connectivity index (χ0) is 9.56. The van der Waals surface area contributed by atoms with Crippen LogP contribution in [0.5, 0.6) is 0 Å². The van der Waals surface area contributed by atoms with Crippen molar-refractivity contribution in [3.63, 3.8) is 0 Å². The Morgan fingerprint density at radius 3 is 2.67 bits per heavy atom. The molecule has 0 aromatic carbocycles. The number of methoxy groups -OCH3 is 1. The average molecular weight is 179 g/mol. The van der Waals surface area contributed by atoms with Gasteiger partial charge in [0.25, 0.3) is 5.09 Å². The first-order valence-corrected chi connectivity index (χ1v) is 3.08. The number of carbonyl (C=O) groups excluding carboxylic acids is 1. The summed E-state index contributed by atoms with van der Waals surface area (Å²) in [6.07, 6.45) is -1.69. The summed E-state index contributed by atoms with van der Waals surface area (Å²) in [4.78, 5) is 24.1. The van der Waals surface area contributed by atoms with Crippen LogP contribution < -0.4 is 0 Å². The Labute approximate surface area is 68.3 Å². The maximum atomic E-state index is 10.3. The summed E-state index contributed by atoms with van der Waals surface area (Å²) in [7, 11) is 1.14. The van der Waals surface area contributed by atoms with Gasteiger partial charge in [0.05, 0.1) is 7.11 Å². The molecule has 0 fully saturated rings. The molecule has 0 saturated carbocycles. The first kappa shape index (κ1) is 10.5. The Hall–Kier alpha value is -1.53. The van der Waals surface area contributed by atoms with Crippen molar-refractivity contribution < 1.29 is 24.2 Å². The molecular formula is C5H9NO6. The second-order valence-corrected chi connectivity index (χ2v) is 1.90. The lowest BCUT2D eigenvalue weighted by atomic mass is 10.4. The summed E-state index contributed by atoms with van der Waals surface area (Å²) in [5, 5.41) is 8.78. The van der Waals surface area contributed by atoms with Crippen molar-refractivity contribution in [2.24, 2.45) is 0 Å². The minimum atomic E-state index is -0.953. The maximum Gasteiger partial charge on any atom is 0.508 e. The van der Waals surface area contributed by atoms with Gasteiger partial charge in [-0.25, -0.2) is 4.79 Å². The molecule has 0 amide bonds. The van der Waals surface area contributed by atoms with Gasteiger partial charge in [0.1, 0.15) is 12.7 Å². The standard InChI is InChI=1S/C5H9NO6/c1-4(12-6(8)9)3-11-5(7)10-2/h4H,3H2,1-2H3. The van der Waals surface area contributed by atoms with Gasteiger partial charge in [-0.1, -0.05) is 0 Å². The van der Waals surface area contributed by atoms with Gasteiger partial charge in [0, 0.05) is 0 Å². The second-order valence-electron chi connectivity index (χ2n) is 1.90. The van der Waals surface area contributed by atoms with Gasteiger partial charge >= 0.3 is 6.16 Å². The highest BCUT2D eigenvalue weighted by atomic mass is 17.0. The molecule has 0 aliphatic rings. The predicted molar refractivity (Wildman–Crippen MR) is 35.9 cm³/mol. The summed E-state index contributed by atoms with van der Waals surface area (Å²) < 4.78 is 8.48. The quantitative estimate of drug-likeness (QED) is 0.352. The van der Waals surface area contributed by atoms with E-state index in [0.29, 0.717) is 0 Å². The van der Waals surface area contributed by atoms with Crippen molar-refractivity contribution in [1.29, 1.82) is 0 Å². The topological polar surface area (TPSA) is 87.9 Å². The van der Waals surface area contributed by atoms with E-state index >= 15 is 0 Å². The predicted octanol–water partition coefficient (Wildman–Crippen LogP) is 0.366. The summed E-state index contributed by atoms with van der Waals surface area (Å²) in [5.74, 6) is 0. The van der Waals surface area contributed by atoms with E-state index in [9.17, 15) is 14.9 Å². The number of nitrogens with zero attached hydrogens (tertiary/aromatic N) is 1. The zero-order valence-corrected chi connectivity index (χ0v) is 6.68. The molecule has 0 N–H and O–H groups in total. The van der Waals surface area contributed by atoms with E-state index in [2.05, 4.69) is 14.3 Å². The van der Waals surface area contributed by atoms with E-state index in [-0.39, 0.29) is 6.61 Å². The second kappa shape index (κ2) is 5.16. The SMILES string of the molecule is COC(=O)OCC(C)O[N+](=O)[O-]. The monoisotopic (exact) mass is 179 g/mol. The van der Waals surface area contributed by atoms with Gasteiger partial charge in [0.15, 0.2) is 0 Å². The Kier molecular flexibility index (Phi) is 4.51. The van der Waals surface area contributed by atoms with Gasteiger partial charge in [-0.3, -0.25) is 0 Å². The van der Waals surface area contributed by atoms with Crippen molar-refractivity contribution in [3.05, 3.63) is 10.1 Å². The zero-order valence-electron chi connectivity index (χ0n) is 6.68. The van der Waals surface area contributed by atoms with Gasteiger partial charge in [0.2, 0.25) is 0 Å². The number of hydrogen-bond acceptors (Lipinski definition) is 6. The van der Waals surface area contributed by atoms with Crippen LogP contribution >= 0.6 is 0 Å². The Bertz CT molecular complexity index is 169. The van der Waals surface area contributed by atoms with Gasteiger partial charge in [-0.15, -0.1) is 10.1 Å². The van der Waals surface area contributed by atoms with Crippen LogP contribution in [0.4, 0.5) is 4.79 Å². The highest BCUT2D eigenvalue weighted by Gasteiger charge is 2.09. The molecule has 0 spiro atoms. The summed E-state index contributed by atoms with van der Waals surface area (Å²) in [6.45, 7) is 1.18. The largest absolute Gasteiger partial charge is 0.508 e. The molecule has 70 valence electrons. The minimum absolute atomic E-state index is 0.215. The smallest absolute Gasteiger partial charge is 0.438 e. The molecule has 0 aliphatic heterocycles. The number of ether oxygens (including phenoxy) is 2. The first-order valence-electron chi connectivity index (χ1n) is 3.08. The molecule has 0 heterocycles. The summed E-state index contributed by atoms with van der Waals surface area (Å²) in [6, 6.07) is 0. The van der Waals surface area contributed by atoms with Crippen LogP contribution in [-0.4, -0.2) is 31.1 Å². The molecule has 12 heavy (non-hydrogen) atoms. The third-order valence-electron chi connectivity index (χ3n) is 0.869. The molecule has 1 atom stereocenters. The molecule has 0 rings (SSSR count). The fourth-order valence-corrected chi connectivity index (χ4v) is 0.422. The van der Waals surface area contributed by atoms with Crippen LogP contribution in [0.25, 0.3) is 0 Å². The highest BCUT2D eigenvalue weighted by molar-refractivity contribution is 5.59. The highest BCUT2D eigenvalue weighted by Crippen LogP contribution is 1.93. The number of hydrogen-bond donors (Lipinski definition) is 0. The fraction of sp³-hybridized carbons (Fsp3) is 0.800. The van der Waals surface area contributed by atoms with Crippen molar-refractivity contribution >= 4 is 6.16 Å². The summed E-state index contributed by atoms with van der Waals surface area (Å²) in [5.41, 5.74) is 0. The number of rotatable bonds is 4. The third kappa shape index (κ3) is 5.27. The van der Waals surface area contributed by atoms with Crippen molar-refractivity contribution in [3.8, 4) is 0 Å². The van der Waals surface area contributed by atoms with E-state index in [1.807, 2.05) is 0 Å². The van der Waals surface area contributed by atoms with E-state index in [0.717, 1.165) is 7.11 Å². The molecule has 7 nitrogen and oxygen atoms in total. The molecule has 0 aromatic rings. The van der Waals surface area contributed by atoms with E-state index < -0.39 is 17.3 Å². The normalized spacial score (nSPS) is 11.5. The van der Waals surface area contributed by atoms with Crippen molar-refractivity contribution in [2.45, 2.75) is 13.0 Å². The Balaban J connectivity index is 3.50.